The van der Waals surface area contributed by atoms with Gasteiger partial charge in [-0.1, -0.05) is 43.1 Å². The number of carbonyl (C=O) groups is 2. The van der Waals surface area contributed by atoms with E-state index < -0.39 is 0 Å². The zero-order valence-corrected chi connectivity index (χ0v) is 15.4. The highest BCUT2D eigenvalue weighted by Crippen LogP contribution is 2.22. The molecule has 0 aromatic heterocycles. The Labute approximate surface area is 156 Å². The number of nitrogens with one attached hydrogen (secondary N) is 2. The zero-order valence-electron chi connectivity index (χ0n) is 13.8. The van der Waals surface area contributed by atoms with Crippen molar-refractivity contribution in [3.8, 4) is 0 Å². The van der Waals surface area contributed by atoms with Crippen LogP contribution < -0.4 is 10.6 Å². The maximum Gasteiger partial charge on any atom is 0.248 e. The number of amides is 2. The summed E-state index contributed by atoms with van der Waals surface area (Å²) in [5.41, 5.74) is 2.01. The average Bonchev–Trinajstić information content (AvgIpc) is 2.55. The second kappa shape index (κ2) is 8.70. The molecule has 2 aromatic carbocycles. The van der Waals surface area contributed by atoms with E-state index in [1.165, 1.54) is 6.08 Å². The van der Waals surface area contributed by atoms with Crippen molar-refractivity contribution in [2.24, 2.45) is 5.92 Å². The first-order chi connectivity index (χ1) is 11.8. The average molecular weight is 377 g/mol. The van der Waals surface area contributed by atoms with Crippen LogP contribution in [-0.2, 0) is 9.59 Å². The van der Waals surface area contributed by atoms with E-state index in [1.54, 1.807) is 48.5 Å². The number of anilines is 2. The van der Waals surface area contributed by atoms with Crippen LogP contribution in [0.15, 0.2) is 48.5 Å². The quantitative estimate of drug-likeness (QED) is 0.700. The molecule has 0 aliphatic heterocycles. The Morgan fingerprint density at radius 3 is 2.12 bits per heavy atom. The van der Waals surface area contributed by atoms with Gasteiger partial charge in [-0.25, -0.2) is 0 Å². The summed E-state index contributed by atoms with van der Waals surface area (Å²) in [5.74, 6) is -0.436. The summed E-state index contributed by atoms with van der Waals surface area (Å²) in [5, 5.41) is 6.54. The van der Waals surface area contributed by atoms with Gasteiger partial charge in [0.15, 0.2) is 0 Å². The minimum atomic E-state index is -0.287. The van der Waals surface area contributed by atoms with Crippen LogP contribution in [-0.4, -0.2) is 11.8 Å². The van der Waals surface area contributed by atoms with Crippen LogP contribution in [0.4, 0.5) is 11.4 Å². The Kier molecular flexibility index (Phi) is 6.62. The van der Waals surface area contributed by atoms with Crippen LogP contribution >= 0.6 is 23.2 Å². The lowest BCUT2D eigenvalue weighted by Gasteiger charge is -2.08. The Bertz CT molecular complexity index is 800. The van der Waals surface area contributed by atoms with E-state index in [1.807, 2.05) is 13.8 Å². The van der Waals surface area contributed by atoms with Crippen molar-refractivity contribution in [3.05, 3.63) is 64.1 Å². The van der Waals surface area contributed by atoms with Crippen LogP contribution in [0.5, 0.6) is 0 Å². The Hall–Kier alpha value is -2.30. The van der Waals surface area contributed by atoms with E-state index in [2.05, 4.69) is 10.6 Å². The van der Waals surface area contributed by atoms with Crippen molar-refractivity contribution in [2.75, 3.05) is 10.6 Å². The van der Waals surface area contributed by atoms with Gasteiger partial charge < -0.3 is 10.6 Å². The first kappa shape index (κ1) is 19.0. The molecule has 0 heterocycles. The number of halogens is 2. The van der Waals surface area contributed by atoms with Gasteiger partial charge in [-0.05, 0) is 48.0 Å². The molecular formula is C19H18Cl2N2O2. The largest absolute Gasteiger partial charge is 0.326 e. The molecule has 2 rings (SSSR count). The topological polar surface area (TPSA) is 58.2 Å². The molecule has 0 unspecified atom stereocenters. The number of rotatable bonds is 5. The van der Waals surface area contributed by atoms with Gasteiger partial charge in [0.05, 0.1) is 0 Å². The molecule has 0 aliphatic rings. The standard InChI is InChI=1S/C19H18Cl2N2O2/c1-12(2)19(25)23-16-8-6-15(7-9-16)22-18(24)10-4-13-3-5-14(20)11-17(13)21/h3-12H,1-2H3,(H,22,24)(H,23,25). The van der Waals surface area contributed by atoms with Crippen molar-refractivity contribution in [1.29, 1.82) is 0 Å². The van der Waals surface area contributed by atoms with Gasteiger partial charge in [0.25, 0.3) is 0 Å². The predicted molar refractivity (Wildman–Crippen MR) is 104 cm³/mol. The highest BCUT2D eigenvalue weighted by Gasteiger charge is 2.07. The lowest BCUT2D eigenvalue weighted by atomic mass is 10.2. The third-order valence-corrected chi connectivity index (χ3v) is 3.88. The summed E-state index contributed by atoms with van der Waals surface area (Å²) in [7, 11) is 0. The van der Waals surface area contributed by atoms with Crippen molar-refractivity contribution in [2.45, 2.75) is 13.8 Å². The molecule has 0 atom stereocenters. The number of hydrogen-bond donors (Lipinski definition) is 2. The maximum absolute atomic E-state index is 12.0. The van der Waals surface area contributed by atoms with E-state index in [0.717, 1.165) is 0 Å². The number of benzene rings is 2. The van der Waals surface area contributed by atoms with E-state index in [0.29, 0.717) is 27.0 Å². The lowest BCUT2D eigenvalue weighted by Crippen LogP contribution is -2.17. The summed E-state index contributed by atoms with van der Waals surface area (Å²) in [6.45, 7) is 3.65. The molecule has 0 radical (unpaired) electrons. The van der Waals surface area contributed by atoms with Crippen LogP contribution in [0, 0.1) is 5.92 Å². The SMILES string of the molecule is CC(C)C(=O)Nc1ccc(NC(=O)C=Cc2ccc(Cl)cc2Cl)cc1. The molecule has 0 saturated carbocycles. The van der Waals surface area contributed by atoms with Crippen molar-refractivity contribution < 1.29 is 9.59 Å². The fourth-order valence-electron chi connectivity index (χ4n) is 1.91. The van der Waals surface area contributed by atoms with E-state index in [4.69, 9.17) is 23.2 Å². The van der Waals surface area contributed by atoms with Gasteiger partial charge in [0.1, 0.15) is 0 Å². The van der Waals surface area contributed by atoms with Crippen molar-refractivity contribution >= 4 is 52.5 Å². The normalized spacial score (nSPS) is 10.9. The Morgan fingerprint density at radius 2 is 1.56 bits per heavy atom. The highest BCUT2D eigenvalue weighted by molar-refractivity contribution is 6.35. The van der Waals surface area contributed by atoms with Crippen LogP contribution in [0.3, 0.4) is 0 Å². The smallest absolute Gasteiger partial charge is 0.248 e. The van der Waals surface area contributed by atoms with Crippen LogP contribution in [0.1, 0.15) is 19.4 Å². The summed E-state index contributed by atoms with van der Waals surface area (Å²) < 4.78 is 0. The minimum Gasteiger partial charge on any atom is -0.326 e. The monoisotopic (exact) mass is 376 g/mol. The Morgan fingerprint density at radius 1 is 0.960 bits per heavy atom. The minimum absolute atomic E-state index is 0.0560. The number of carbonyl (C=O) groups excluding carboxylic acids is 2. The van der Waals surface area contributed by atoms with Gasteiger partial charge in [-0.2, -0.15) is 0 Å². The zero-order chi connectivity index (χ0) is 18.4. The fourth-order valence-corrected chi connectivity index (χ4v) is 2.38. The Balaban J connectivity index is 1.96. The van der Waals surface area contributed by atoms with Gasteiger partial charge in [-0.15, -0.1) is 0 Å². The molecule has 130 valence electrons. The number of hydrogen-bond acceptors (Lipinski definition) is 2. The summed E-state index contributed by atoms with van der Waals surface area (Å²) in [6.07, 6.45) is 3.01. The van der Waals surface area contributed by atoms with E-state index in [-0.39, 0.29) is 17.7 Å². The molecule has 25 heavy (non-hydrogen) atoms. The predicted octanol–water partition coefficient (Wildman–Crippen LogP) is 5.24. The summed E-state index contributed by atoms with van der Waals surface area (Å²) in [6, 6.07) is 12.0. The van der Waals surface area contributed by atoms with E-state index >= 15 is 0 Å². The third-order valence-electron chi connectivity index (χ3n) is 3.32. The van der Waals surface area contributed by atoms with Gasteiger partial charge in [0.2, 0.25) is 11.8 Å². The second-order valence-electron chi connectivity index (χ2n) is 5.71. The molecule has 0 aliphatic carbocycles. The molecule has 0 bridgehead atoms. The fraction of sp³-hybridized carbons (Fsp3) is 0.158. The van der Waals surface area contributed by atoms with Gasteiger partial charge in [0, 0.05) is 33.4 Å². The summed E-state index contributed by atoms with van der Waals surface area (Å²) >= 11 is 11.9. The van der Waals surface area contributed by atoms with Gasteiger partial charge in [-0.3, -0.25) is 9.59 Å². The molecule has 0 saturated heterocycles. The van der Waals surface area contributed by atoms with Crippen LogP contribution in [0.2, 0.25) is 10.0 Å². The maximum atomic E-state index is 12.0. The molecule has 0 fully saturated rings. The molecule has 2 N–H and O–H groups in total. The molecule has 0 spiro atoms. The second-order valence-corrected chi connectivity index (χ2v) is 6.55. The summed E-state index contributed by atoms with van der Waals surface area (Å²) in [4.78, 5) is 23.6. The first-order valence-electron chi connectivity index (χ1n) is 7.70. The highest BCUT2D eigenvalue weighted by atomic mass is 35.5. The molecule has 2 aromatic rings. The van der Waals surface area contributed by atoms with Gasteiger partial charge >= 0.3 is 0 Å². The molecule has 2 amide bonds. The first-order valence-corrected chi connectivity index (χ1v) is 8.46. The van der Waals surface area contributed by atoms with Crippen LogP contribution in [0.25, 0.3) is 6.08 Å². The third kappa shape index (κ3) is 5.93. The molecular weight excluding hydrogens is 359 g/mol. The molecule has 6 heteroatoms. The van der Waals surface area contributed by atoms with Crippen molar-refractivity contribution in [3.63, 3.8) is 0 Å². The van der Waals surface area contributed by atoms with E-state index in [9.17, 15) is 9.59 Å². The lowest BCUT2D eigenvalue weighted by molar-refractivity contribution is -0.119. The molecule has 4 nitrogen and oxygen atoms in total. The van der Waals surface area contributed by atoms with Crippen molar-refractivity contribution in [1.82, 2.24) is 0 Å².